The molecule has 478 valence electrons. The summed E-state index contributed by atoms with van der Waals surface area (Å²) in [7, 11) is 3.18. The molecule has 1 saturated heterocycles. The van der Waals surface area contributed by atoms with Crippen LogP contribution >= 0.6 is 22.9 Å². The van der Waals surface area contributed by atoms with E-state index in [-0.39, 0.29) is 87.3 Å². The number of fused-ring (bicyclic) bond motifs is 4. The molecule has 3 aliphatic heterocycles. The van der Waals surface area contributed by atoms with E-state index in [1.54, 1.807) is 51.0 Å². The van der Waals surface area contributed by atoms with Gasteiger partial charge in [-0.15, -0.1) is 22.9 Å². The van der Waals surface area contributed by atoms with Crippen molar-refractivity contribution in [1.29, 1.82) is 0 Å². The number of likely N-dealkylation sites (tertiary alicyclic amines) is 1. The van der Waals surface area contributed by atoms with Gasteiger partial charge in [0.1, 0.15) is 36.7 Å². The summed E-state index contributed by atoms with van der Waals surface area (Å²) in [5.41, 5.74) is 8.94. The van der Waals surface area contributed by atoms with E-state index < -0.39 is 59.4 Å². The number of rotatable bonds is 29. The normalized spacial score (nSPS) is 15.6. The molecule has 3 aromatic carbocycles. The Balaban J connectivity index is 0.878. The molecule has 3 atom stereocenters. The van der Waals surface area contributed by atoms with Crippen LogP contribution in [0.3, 0.4) is 0 Å². The fourth-order valence-corrected chi connectivity index (χ4v) is 13.1. The number of hydrogen-bond acceptors (Lipinski definition) is 14. The molecule has 0 bridgehead atoms. The number of nitrogens with one attached hydrogen (secondary N) is 3. The number of alkyl halides is 1. The van der Waals surface area contributed by atoms with Gasteiger partial charge in [0, 0.05) is 117 Å². The number of nitrogens with zero attached hydrogens (tertiary/aromatic N) is 6. The average Bonchev–Trinajstić information content (AvgIpc) is 1.62. The maximum Gasteiger partial charge on any atom is 0.415 e. The smallest absolute Gasteiger partial charge is 0.415 e. The molecule has 1 fully saturated rings. The fourth-order valence-electron chi connectivity index (χ4n) is 11.8. The summed E-state index contributed by atoms with van der Waals surface area (Å²) in [4.78, 5) is 131. The number of H-pyrrole nitrogens is 1. The number of imide groups is 1. The lowest BCUT2D eigenvalue weighted by Crippen LogP contribution is -2.56. The molecule has 6 N–H and O–H groups in total. The first-order valence-corrected chi connectivity index (χ1v) is 31.6. The van der Waals surface area contributed by atoms with E-state index in [9.17, 15) is 48.3 Å². The first-order chi connectivity index (χ1) is 42.4. The minimum Gasteiger partial charge on any atom is -0.492 e. The SMILES string of the molecule is Cc1csc2c(OC(=O)N(C)CC(C)(C)CN(C)C(=O)OCc3ccc(N(C(=O)[C@@H](NC(=O)CCCCCN4C(=O)C=CC4=O)C(C)C)[C@@H](CCCNC(N)=O)C(=O)O)cc3)cc3c(c12)[C@H](CCl)CN3C(=O)c1cc2cc(OCCN3CCCC3)ccc2[nH]1. The number of thiophene rings is 1. The van der Waals surface area contributed by atoms with Crippen molar-refractivity contribution in [3.8, 4) is 11.5 Å². The van der Waals surface area contributed by atoms with Crippen LogP contribution in [0.2, 0.25) is 0 Å². The number of unbranched alkanes of at least 4 members (excludes halogenated alkanes) is 2. The number of ether oxygens (including phenoxy) is 3. The van der Waals surface area contributed by atoms with Crippen molar-refractivity contribution < 1.29 is 62.5 Å². The zero-order valence-corrected chi connectivity index (χ0v) is 53.1. The van der Waals surface area contributed by atoms with Crippen LogP contribution in [0.15, 0.2) is 72.1 Å². The molecule has 0 radical (unpaired) electrons. The number of carbonyl (C=O) groups excluding carboxylic acids is 8. The maximum atomic E-state index is 14.6. The van der Waals surface area contributed by atoms with E-state index in [0.717, 1.165) is 67.3 Å². The summed E-state index contributed by atoms with van der Waals surface area (Å²) in [5.74, 6) is -2.85. The Hall–Kier alpha value is -8.22. The molecule has 8 rings (SSSR count). The van der Waals surface area contributed by atoms with Gasteiger partial charge in [0.2, 0.25) is 5.91 Å². The number of amides is 9. The second-order valence-electron chi connectivity index (χ2n) is 24.2. The Morgan fingerprint density at radius 2 is 1.60 bits per heavy atom. The van der Waals surface area contributed by atoms with E-state index in [4.69, 9.17) is 31.5 Å². The fraction of sp³-hybridized carbons (Fsp3) is 0.484. The molecule has 2 aromatic heterocycles. The van der Waals surface area contributed by atoms with Crippen molar-refractivity contribution in [2.24, 2.45) is 17.1 Å². The first-order valence-electron chi connectivity index (χ1n) is 30.2. The Morgan fingerprint density at radius 3 is 2.26 bits per heavy atom. The highest BCUT2D eigenvalue weighted by Gasteiger charge is 2.39. The van der Waals surface area contributed by atoms with Crippen molar-refractivity contribution in [3.63, 3.8) is 0 Å². The minimum absolute atomic E-state index is 0.0341. The van der Waals surface area contributed by atoms with Crippen LogP contribution < -0.4 is 35.6 Å². The van der Waals surface area contributed by atoms with Gasteiger partial charge in [0.15, 0.2) is 5.75 Å². The van der Waals surface area contributed by atoms with E-state index >= 15 is 0 Å². The monoisotopic (exact) mass is 1260 g/mol. The predicted molar refractivity (Wildman–Crippen MR) is 340 cm³/mol. The number of aliphatic carboxylic acids is 1. The molecular formula is C64H81ClN10O13S. The minimum atomic E-state index is -1.43. The Labute approximate surface area is 526 Å². The number of primary amides is 1. The molecule has 0 saturated carbocycles. The molecule has 3 aliphatic rings. The number of carboxylic acid groups (broad SMARTS) is 1. The average molecular weight is 1270 g/mol. The summed E-state index contributed by atoms with van der Waals surface area (Å²) in [6.07, 6.45) is 5.02. The van der Waals surface area contributed by atoms with E-state index in [1.165, 1.54) is 58.3 Å². The third-order valence-corrected chi connectivity index (χ3v) is 17.7. The van der Waals surface area contributed by atoms with Gasteiger partial charge in [-0.25, -0.2) is 19.2 Å². The molecule has 5 heterocycles. The van der Waals surface area contributed by atoms with Crippen LogP contribution in [0.25, 0.3) is 21.0 Å². The Kier molecular flexibility index (Phi) is 22.4. The highest BCUT2D eigenvalue weighted by atomic mass is 35.5. The second-order valence-corrected chi connectivity index (χ2v) is 25.4. The molecule has 0 aliphatic carbocycles. The van der Waals surface area contributed by atoms with Gasteiger partial charge in [-0.05, 0) is 123 Å². The molecule has 89 heavy (non-hydrogen) atoms. The van der Waals surface area contributed by atoms with Crippen molar-refractivity contribution >= 4 is 109 Å². The van der Waals surface area contributed by atoms with Gasteiger partial charge >= 0.3 is 24.2 Å². The third kappa shape index (κ3) is 16.7. The largest absolute Gasteiger partial charge is 0.492 e. The molecule has 5 aromatic rings. The molecule has 23 nitrogen and oxygen atoms in total. The van der Waals surface area contributed by atoms with Crippen LogP contribution in [-0.2, 0) is 35.3 Å². The lowest BCUT2D eigenvalue weighted by Gasteiger charge is -2.34. The number of benzene rings is 3. The summed E-state index contributed by atoms with van der Waals surface area (Å²) in [5, 5.41) is 19.5. The lowest BCUT2D eigenvalue weighted by atomic mass is 9.92. The number of nitrogens with two attached hydrogens (primary N) is 1. The van der Waals surface area contributed by atoms with E-state index in [1.807, 2.05) is 50.4 Å². The van der Waals surface area contributed by atoms with E-state index in [0.29, 0.717) is 55.1 Å². The molecule has 0 spiro atoms. The van der Waals surface area contributed by atoms with Crippen molar-refractivity contribution in [1.82, 2.24) is 35.2 Å². The van der Waals surface area contributed by atoms with Crippen LogP contribution in [0, 0.1) is 18.3 Å². The van der Waals surface area contributed by atoms with Gasteiger partial charge in [0.05, 0.1) is 10.4 Å². The van der Waals surface area contributed by atoms with Gasteiger partial charge in [-0.2, -0.15) is 0 Å². The lowest BCUT2D eigenvalue weighted by molar-refractivity contribution is -0.141. The summed E-state index contributed by atoms with van der Waals surface area (Å²) >= 11 is 8.08. The zero-order valence-electron chi connectivity index (χ0n) is 51.6. The maximum absolute atomic E-state index is 14.6. The second kappa shape index (κ2) is 29.9. The topological polar surface area (TPSA) is 287 Å². The number of halogens is 1. The number of carboxylic acids is 1. The third-order valence-electron chi connectivity index (χ3n) is 16.2. The van der Waals surface area contributed by atoms with Gasteiger partial charge < -0.3 is 55.4 Å². The van der Waals surface area contributed by atoms with Crippen LogP contribution in [0.5, 0.6) is 11.5 Å². The van der Waals surface area contributed by atoms with Gasteiger partial charge in [0.25, 0.3) is 23.6 Å². The zero-order chi connectivity index (χ0) is 64.3. The quantitative estimate of drug-likeness (QED) is 0.0170. The van der Waals surface area contributed by atoms with Crippen molar-refractivity contribution in [2.45, 2.75) is 111 Å². The standard InChI is InChI=1S/C64H81ClN10O13S/c1-39(2)56(69-51(76)15-9-8-10-27-73-52(77)22-23-53(73)78)59(80)75(48(60(81)82)14-13-24-67-61(66)83)44-18-16-41(17-19-44)35-87-62(84)70(6)37-64(4,5)38-71(7)63(85)88-50-32-49-55(54-40(3)36-89-57(50)54)43(33-65)34-74(49)58(79)47-31-42-30-45(20-21-46(42)68-47)86-29-28-72-25-11-12-26-72/h16-23,30-32,36,39,43,48,56,68H,8-15,24-29,33-35,37-38H2,1-7H3,(H,69,76)(H,81,82)(H3,66,67,83)/t43-,48+,56+/m1/s1. The van der Waals surface area contributed by atoms with E-state index in [2.05, 4.69) is 20.5 Å². The Morgan fingerprint density at radius 1 is 0.899 bits per heavy atom. The Bertz CT molecular complexity index is 3450. The number of aromatic nitrogens is 1. The summed E-state index contributed by atoms with van der Waals surface area (Å²) < 4.78 is 18.8. The van der Waals surface area contributed by atoms with Crippen molar-refractivity contribution in [2.75, 3.05) is 88.7 Å². The molecule has 25 heteroatoms. The summed E-state index contributed by atoms with van der Waals surface area (Å²) in [6.45, 7) is 13.5. The number of hydrogen-bond donors (Lipinski definition) is 5. The predicted octanol–water partition coefficient (Wildman–Crippen LogP) is 8.73. The van der Waals surface area contributed by atoms with Crippen LogP contribution in [0.4, 0.5) is 25.8 Å². The number of urea groups is 1. The highest BCUT2D eigenvalue weighted by molar-refractivity contribution is 7.17. The highest BCUT2D eigenvalue weighted by Crippen LogP contribution is 2.49. The first kappa shape index (κ1) is 66.7. The van der Waals surface area contributed by atoms with Gasteiger partial charge in [-0.1, -0.05) is 46.2 Å². The number of carbonyl (C=O) groups is 9. The van der Waals surface area contributed by atoms with Crippen LogP contribution in [0.1, 0.15) is 112 Å². The number of aromatic amines is 1. The van der Waals surface area contributed by atoms with Crippen molar-refractivity contribution in [3.05, 3.63) is 94.5 Å². The molecular weight excluding hydrogens is 1180 g/mol. The molecule has 9 amide bonds. The summed E-state index contributed by atoms with van der Waals surface area (Å²) in [6, 6.07) is 12.2. The number of anilines is 2. The van der Waals surface area contributed by atoms with Gasteiger partial charge in [-0.3, -0.25) is 38.7 Å². The molecule has 0 unspecified atom stereocenters. The van der Waals surface area contributed by atoms with Crippen LogP contribution in [-0.4, -0.2) is 174 Å². The number of aryl methyl sites for hydroxylation is 1.